The molecule has 5 nitrogen and oxygen atoms in total. The van der Waals surface area contributed by atoms with Crippen LogP contribution < -0.4 is 4.74 Å². The van der Waals surface area contributed by atoms with Crippen molar-refractivity contribution in [2.45, 2.75) is 25.9 Å². The van der Waals surface area contributed by atoms with Crippen molar-refractivity contribution in [1.29, 1.82) is 5.26 Å². The Bertz CT molecular complexity index is 517. The summed E-state index contributed by atoms with van der Waals surface area (Å²) < 4.78 is 15.5. The Kier molecular flexibility index (Phi) is 4.97. The number of aryl methyl sites for hydroxylation is 1. The number of rotatable bonds is 7. The van der Waals surface area contributed by atoms with Crippen molar-refractivity contribution in [3.63, 3.8) is 0 Å². The van der Waals surface area contributed by atoms with Crippen LogP contribution in [0, 0.1) is 11.3 Å². The predicted molar refractivity (Wildman–Crippen MR) is 71.3 cm³/mol. The molecular formula is C15H17NO4. The lowest BCUT2D eigenvalue weighted by atomic mass is 10.1. The molecule has 2 rings (SSSR count). The van der Waals surface area contributed by atoms with Crippen LogP contribution >= 0.6 is 0 Å². The van der Waals surface area contributed by atoms with Crippen molar-refractivity contribution in [1.82, 2.24) is 0 Å². The van der Waals surface area contributed by atoms with Crippen LogP contribution in [-0.2, 0) is 20.7 Å². The molecule has 1 aliphatic rings. The summed E-state index contributed by atoms with van der Waals surface area (Å²) in [5.74, 6) is 0.329. The van der Waals surface area contributed by atoms with Gasteiger partial charge < -0.3 is 14.2 Å². The number of carbonyl (C=O) groups is 1. The van der Waals surface area contributed by atoms with Crippen LogP contribution in [0.25, 0.3) is 0 Å². The van der Waals surface area contributed by atoms with Crippen LogP contribution in [-0.4, -0.2) is 31.9 Å². The third-order valence-electron chi connectivity index (χ3n) is 2.92. The Morgan fingerprint density at radius 1 is 1.55 bits per heavy atom. The predicted octanol–water partition coefficient (Wildman–Crippen LogP) is 1.83. The highest BCUT2D eigenvalue weighted by atomic mass is 16.6. The zero-order chi connectivity index (χ0) is 14.4. The van der Waals surface area contributed by atoms with Gasteiger partial charge in [-0.1, -0.05) is 6.07 Å². The topological polar surface area (TPSA) is 71.9 Å². The van der Waals surface area contributed by atoms with Gasteiger partial charge in [0.1, 0.15) is 24.5 Å². The fraction of sp³-hybridized carbons (Fsp3) is 0.467. The summed E-state index contributed by atoms with van der Waals surface area (Å²) in [6.45, 7) is 3.34. The number of nitriles is 1. The molecule has 0 aromatic heterocycles. The van der Waals surface area contributed by atoms with Gasteiger partial charge in [-0.25, -0.2) is 0 Å². The monoisotopic (exact) mass is 275 g/mol. The maximum absolute atomic E-state index is 11.3. The van der Waals surface area contributed by atoms with Gasteiger partial charge in [0.15, 0.2) is 0 Å². The van der Waals surface area contributed by atoms with Gasteiger partial charge in [-0.2, -0.15) is 5.26 Å². The van der Waals surface area contributed by atoms with Gasteiger partial charge in [0.05, 0.1) is 18.8 Å². The molecule has 0 spiro atoms. The van der Waals surface area contributed by atoms with E-state index in [1.807, 2.05) is 6.07 Å². The van der Waals surface area contributed by atoms with E-state index in [2.05, 4.69) is 6.07 Å². The van der Waals surface area contributed by atoms with E-state index < -0.39 is 0 Å². The largest absolute Gasteiger partial charge is 0.489 e. The highest BCUT2D eigenvalue weighted by Crippen LogP contribution is 2.22. The molecule has 20 heavy (non-hydrogen) atoms. The van der Waals surface area contributed by atoms with E-state index in [0.717, 1.165) is 5.56 Å². The van der Waals surface area contributed by atoms with E-state index in [1.165, 1.54) is 0 Å². The molecule has 0 N–H and O–H groups in total. The van der Waals surface area contributed by atoms with Gasteiger partial charge in [0, 0.05) is 6.42 Å². The number of ether oxygens (including phenoxy) is 3. The van der Waals surface area contributed by atoms with Crippen molar-refractivity contribution in [2.24, 2.45) is 0 Å². The molecule has 1 aliphatic heterocycles. The Balaban J connectivity index is 1.96. The molecule has 0 bridgehead atoms. The second kappa shape index (κ2) is 6.92. The SMILES string of the molecule is CCOC(=O)CCc1ccc(C#N)c(OCC2CO2)c1. The highest BCUT2D eigenvalue weighted by Gasteiger charge is 2.23. The highest BCUT2D eigenvalue weighted by molar-refractivity contribution is 5.69. The lowest BCUT2D eigenvalue weighted by Gasteiger charge is -2.09. The minimum Gasteiger partial charge on any atom is -0.489 e. The average Bonchev–Trinajstić information content (AvgIpc) is 3.27. The van der Waals surface area contributed by atoms with Crippen molar-refractivity contribution >= 4 is 5.97 Å². The molecule has 106 valence electrons. The summed E-state index contributed by atoms with van der Waals surface area (Å²) in [6.07, 6.45) is 1.04. The fourth-order valence-electron chi connectivity index (χ4n) is 1.76. The molecule has 1 unspecified atom stereocenters. The number of carbonyl (C=O) groups excluding carboxylic acids is 1. The lowest BCUT2D eigenvalue weighted by Crippen LogP contribution is -2.07. The van der Waals surface area contributed by atoms with E-state index in [1.54, 1.807) is 19.1 Å². The van der Waals surface area contributed by atoms with Gasteiger partial charge in [-0.15, -0.1) is 0 Å². The summed E-state index contributed by atoms with van der Waals surface area (Å²) in [7, 11) is 0. The van der Waals surface area contributed by atoms with Gasteiger partial charge in [0.25, 0.3) is 0 Å². The summed E-state index contributed by atoms with van der Waals surface area (Å²) in [4.78, 5) is 11.3. The number of benzene rings is 1. The first-order valence-corrected chi connectivity index (χ1v) is 6.66. The second-order valence-electron chi connectivity index (χ2n) is 4.51. The van der Waals surface area contributed by atoms with E-state index in [-0.39, 0.29) is 12.1 Å². The molecule has 0 saturated carbocycles. The maximum atomic E-state index is 11.3. The molecule has 1 saturated heterocycles. The summed E-state index contributed by atoms with van der Waals surface area (Å²) >= 11 is 0. The quantitative estimate of drug-likeness (QED) is 0.560. The molecule has 1 aromatic carbocycles. The van der Waals surface area contributed by atoms with Crippen LogP contribution in [0.3, 0.4) is 0 Å². The molecule has 0 aliphatic carbocycles. The number of hydrogen-bond donors (Lipinski definition) is 0. The third kappa shape index (κ3) is 4.25. The average molecular weight is 275 g/mol. The summed E-state index contributed by atoms with van der Waals surface area (Å²) in [5.41, 5.74) is 1.44. The zero-order valence-electron chi connectivity index (χ0n) is 11.4. The molecule has 1 fully saturated rings. The van der Waals surface area contributed by atoms with E-state index in [0.29, 0.717) is 44.0 Å². The normalized spacial score (nSPS) is 16.3. The zero-order valence-corrected chi connectivity index (χ0v) is 11.4. The Labute approximate surface area is 118 Å². The summed E-state index contributed by atoms with van der Waals surface area (Å²) in [5, 5.41) is 9.04. The van der Waals surface area contributed by atoms with E-state index in [9.17, 15) is 4.79 Å². The van der Waals surface area contributed by atoms with Crippen molar-refractivity contribution in [3.05, 3.63) is 29.3 Å². The van der Waals surface area contributed by atoms with Gasteiger partial charge in [-0.3, -0.25) is 4.79 Å². The number of hydrogen-bond acceptors (Lipinski definition) is 5. The first-order valence-electron chi connectivity index (χ1n) is 6.66. The smallest absolute Gasteiger partial charge is 0.306 e. The Morgan fingerprint density at radius 3 is 3.00 bits per heavy atom. The molecule has 0 radical (unpaired) electrons. The van der Waals surface area contributed by atoms with Gasteiger partial charge >= 0.3 is 5.97 Å². The van der Waals surface area contributed by atoms with Crippen LogP contribution in [0.2, 0.25) is 0 Å². The second-order valence-corrected chi connectivity index (χ2v) is 4.51. The van der Waals surface area contributed by atoms with Crippen LogP contribution in [0.1, 0.15) is 24.5 Å². The van der Waals surface area contributed by atoms with Gasteiger partial charge in [0.2, 0.25) is 0 Å². The van der Waals surface area contributed by atoms with Crippen LogP contribution in [0.5, 0.6) is 5.75 Å². The van der Waals surface area contributed by atoms with Gasteiger partial charge in [-0.05, 0) is 31.0 Å². The van der Waals surface area contributed by atoms with Crippen LogP contribution in [0.15, 0.2) is 18.2 Å². The third-order valence-corrected chi connectivity index (χ3v) is 2.92. The molecule has 1 heterocycles. The lowest BCUT2D eigenvalue weighted by molar-refractivity contribution is -0.143. The maximum Gasteiger partial charge on any atom is 0.306 e. The molecular weight excluding hydrogens is 258 g/mol. The molecule has 1 atom stereocenters. The van der Waals surface area contributed by atoms with Crippen LogP contribution in [0.4, 0.5) is 0 Å². The Hall–Kier alpha value is -2.06. The van der Waals surface area contributed by atoms with E-state index in [4.69, 9.17) is 19.5 Å². The van der Waals surface area contributed by atoms with Crippen molar-refractivity contribution in [3.8, 4) is 11.8 Å². The Morgan fingerprint density at radius 2 is 2.35 bits per heavy atom. The standard InChI is InChI=1S/C15H17NO4/c1-2-18-15(17)6-4-11-3-5-12(8-16)14(7-11)20-10-13-9-19-13/h3,5,7,13H,2,4,6,9-10H2,1H3. The fourth-order valence-corrected chi connectivity index (χ4v) is 1.76. The number of nitrogens with zero attached hydrogens (tertiary/aromatic N) is 1. The van der Waals surface area contributed by atoms with E-state index >= 15 is 0 Å². The van der Waals surface area contributed by atoms with Crippen molar-refractivity contribution < 1.29 is 19.0 Å². The minimum atomic E-state index is -0.217. The molecule has 0 amide bonds. The number of esters is 1. The number of epoxide rings is 1. The molecule has 5 heteroatoms. The first kappa shape index (κ1) is 14.4. The first-order chi connectivity index (χ1) is 9.72. The van der Waals surface area contributed by atoms with Crippen molar-refractivity contribution in [2.75, 3.05) is 19.8 Å². The molecule has 1 aromatic rings. The minimum absolute atomic E-state index is 0.143. The summed E-state index contributed by atoms with van der Waals surface area (Å²) in [6, 6.07) is 7.44.